The predicted molar refractivity (Wildman–Crippen MR) is 46.8 cm³/mol. The molecule has 0 saturated carbocycles. The van der Waals surface area contributed by atoms with Gasteiger partial charge in [-0.1, -0.05) is 0 Å². The Bertz CT molecular complexity index is 193. The maximum Gasteiger partial charge on any atom is 0.222 e. The van der Waals surface area contributed by atoms with Crippen molar-refractivity contribution in [3.05, 3.63) is 0 Å². The van der Waals surface area contributed by atoms with Gasteiger partial charge in [-0.2, -0.15) is 0 Å². The van der Waals surface area contributed by atoms with Crippen LogP contribution < -0.4 is 5.32 Å². The molecule has 0 bridgehead atoms. The van der Waals surface area contributed by atoms with E-state index in [1.54, 1.807) is 0 Å². The monoisotopic (exact) mass is 168 g/mol. The summed E-state index contributed by atoms with van der Waals surface area (Å²) < 4.78 is 0. The Morgan fingerprint density at radius 2 is 2.33 bits per heavy atom. The summed E-state index contributed by atoms with van der Waals surface area (Å²) >= 11 is 0. The molecule has 0 aromatic rings. The van der Waals surface area contributed by atoms with Crippen LogP contribution in [0.1, 0.15) is 19.3 Å². The Morgan fingerprint density at radius 1 is 1.50 bits per heavy atom. The van der Waals surface area contributed by atoms with Crippen molar-refractivity contribution in [2.45, 2.75) is 25.3 Å². The molecule has 3 nitrogen and oxygen atoms in total. The number of rotatable bonds is 0. The van der Waals surface area contributed by atoms with Gasteiger partial charge in [-0.15, -0.1) is 0 Å². The van der Waals surface area contributed by atoms with Crippen LogP contribution in [0.2, 0.25) is 0 Å². The van der Waals surface area contributed by atoms with Crippen LogP contribution in [-0.2, 0) is 4.79 Å². The van der Waals surface area contributed by atoms with Gasteiger partial charge in [0.25, 0.3) is 0 Å². The lowest BCUT2D eigenvalue weighted by molar-refractivity contribution is -0.137. The number of hydrogen-bond donors (Lipinski definition) is 1. The molecule has 2 atom stereocenters. The van der Waals surface area contributed by atoms with Crippen molar-refractivity contribution in [1.82, 2.24) is 10.2 Å². The van der Waals surface area contributed by atoms with E-state index < -0.39 is 0 Å². The van der Waals surface area contributed by atoms with Crippen LogP contribution in [0.5, 0.6) is 0 Å². The molecule has 0 spiro atoms. The zero-order chi connectivity index (χ0) is 8.55. The van der Waals surface area contributed by atoms with Crippen molar-refractivity contribution in [3.8, 4) is 0 Å². The molecule has 12 heavy (non-hydrogen) atoms. The molecular weight excluding hydrogens is 152 g/mol. The molecule has 2 rings (SSSR count). The van der Waals surface area contributed by atoms with Gasteiger partial charge in [-0.05, 0) is 31.8 Å². The van der Waals surface area contributed by atoms with Gasteiger partial charge in [0, 0.05) is 19.5 Å². The van der Waals surface area contributed by atoms with Crippen LogP contribution >= 0.6 is 0 Å². The quantitative estimate of drug-likeness (QED) is 0.561. The van der Waals surface area contributed by atoms with Gasteiger partial charge in [-0.3, -0.25) is 4.79 Å². The van der Waals surface area contributed by atoms with Crippen molar-refractivity contribution >= 4 is 5.91 Å². The van der Waals surface area contributed by atoms with Gasteiger partial charge in [0.05, 0.1) is 0 Å². The molecule has 2 fully saturated rings. The van der Waals surface area contributed by atoms with Crippen molar-refractivity contribution < 1.29 is 4.79 Å². The molecule has 2 aliphatic rings. The number of nitrogens with one attached hydrogen (secondary N) is 1. The van der Waals surface area contributed by atoms with Crippen LogP contribution in [0.25, 0.3) is 0 Å². The average Bonchev–Trinajstić information content (AvgIpc) is 2.12. The maximum atomic E-state index is 11.4. The molecule has 0 unspecified atom stereocenters. The largest absolute Gasteiger partial charge is 0.342 e. The summed E-state index contributed by atoms with van der Waals surface area (Å²) in [6.07, 6.45) is 2.97. The van der Waals surface area contributed by atoms with E-state index in [1.165, 1.54) is 0 Å². The van der Waals surface area contributed by atoms with Gasteiger partial charge < -0.3 is 10.2 Å². The summed E-state index contributed by atoms with van der Waals surface area (Å²) in [6.45, 7) is 2.17. The summed E-state index contributed by atoms with van der Waals surface area (Å²) in [4.78, 5) is 13.3. The molecule has 68 valence electrons. The van der Waals surface area contributed by atoms with Crippen LogP contribution in [0, 0.1) is 5.92 Å². The summed E-state index contributed by atoms with van der Waals surface area (Å²) in [5.41, 5.74) is 0. The third-order valence-corrected chi connectivity index (χ3v) is 3.19. The molecule has 0 aromatic heterocycles. The Hall–Kier alpha value is -0.570. The Labute approximate surface area is 73.1 Å². The lowest BCUT2D eigenvalue weighted by Gasteiger charge is -2.42. The average molecular weight is 168 g/mol. The van der Waals surface area contributed by atoms with Crippen LogP contribution in [-0.4, -0.2) is 37.0 Å². The maximum absolute atomic E-state index is 11.4. The fourth-order valence-electron chi connectivity index (χ4n) is 2.38. The normalized spacial score (nSPS) is 36.4. The molecular formula is C9H16N2O. The molecule has 0 aromatic carbocycles. The molecule has 2 saturated heterocycles. The van der Waals surface area contributed by atoms with Crippen molar-refractivity contribution in [1.29, 1.82) is 0 Å². The predicted octanol–water partition coefficient (Wildman–Crippen LogP) is 0.217. The fraction of sp³-hybridized carbons (Fsp3) is 0.889. The number of likely N-dealkylation sites (tertiary alicyclic amines) is 1. The smallest absolute Gasteiger partial charge is 0.222 e. The summed E-state index contributed by atoms with van der Waals surface area (Å²) in [5, 5.41) is 3.38. The first-order valence-corrected chi connectivity index (χ1v) is 4.75. The standard InChI is InChI=1S/C9H16N2O/c1-11-8-4-5-10-6-7(8)2-3-9(11)12/h7-8,10H,2-6H2,1H3/t7-,8+/m1/s1. The number of nitrogens with zero attached hydrogens (tertiary/aromatic N) is 1. The van der Waals surface area contributed by atoms with Gasteiger partial charge >= 0.3 is 0 Å². The molecule has 1 amide bonds. The van der Waals surface area contributed by atoms with Gasteiger partial charge in [0.2, 0.25) is 5.91 Å². The number of piperidine rings is 2. The summed E-state index contributed by atoms with van der Waals surface area (Å²) in [5.74, 6) is 1.04. The van der Waals surface area contributed by atoms with E-state index in [0.29, 0.717) is 17.9 Å². The summed E-state index contributed by atoms with van der Waals surface area (Å²) in [6, 6.07) is 0.521. The highest BCUT2D eigenvalue weighted by atomic mass is 16.2. The van der Waals surface area contributed by atoms with E-state index in [-0.39, 0.29) is 0 Å². The topological polar surface area (TPSA) is 32.3 Å². The number of fused-ring (bicyclic) bond motifs is 1. The molecule has 0 radical (unpaired) electrons. The molecule has 3 heteroatoms. The highest BCUT2D eigenvalue weighted by Gasteiger charge is 2.34. The van der Waals surface area contributed by atoms with Crippen LogP contribution in [0.15, 0.2) is 0 Å². The highest BCUT2D eigenvalue weighted by molar-refractivity contribution is 5.77. The third-order valence-electron chi connectivity index (χ3n) is 3.19. The zero-order valence-corrected chi connectivity index (χ0v) is 7.55. The first-order chi connectivity index (χ1) is 5.79. The summed E-state index contributed by atoms with van der Waals surface area (Å²) in [7, 11) is 1.95. The lowest BCUT2D eigenvalue weighted by atomic mass is 9.85. The van der Waals surface area contributed by atoms with Gasteiger partial charge in [0.1, 0.15) is 0 Å². The zero-order valence-electron chi connectivity index (χ0n) is 7.55. The second kappa shape index (κ2) is 3.05. The number of carbonyl (C=O) groups is 1. The minimum atomic E-state index is 0.332. The van der Waals surface area contributed by atoms with E-state index in [2.05, 4.69) is 5.32 Å². The van der Waals surface area contributed by atoms with E-state index in [4.69, 9.17) is 0 Å². The van der Waals surface area contributed by atoms with Crippen molar-refractivity contribution in [3.63, 3.8) is 0 Å². The second-order valence-electron chi connectivity index (χ2n) is 3.86. The first-order valence-electron chi connectivity index (χ1n) is 4.75. The SMILES string of the molecule is CN1C(=O)CC[C@@H]2CNCC[C@@H]21. The number of amides is 1. The minimum Gasteiger partial charge on any atom is -0.342 e. The molecule has 1 N–H and O–H groups in total. The number of carbonyl (C=O) groups excluding carboxylic acids is 1. The fourth-order valence-corrected chi connectivity index (χ4v) is 2.38. The third kappa shape index (κ3) is 1.22. The van der Waals surface area contributed by atoms with Crippen molar-refractivity contribution in [2.24, 2.45) is 5.92 Å². The Morgan fingerprint density at radius 3 is 3.17 bits per heavy atom. The first kappa shape index (κ1) is 8.05. The van der Waals surface area contributed by atoms with Crippen LogP contribution in [0.4, 0.5) is 0 Å². The molecule has 2 aliphatic heterocycles. The van der Waals surface area contributed by atoms with Crippen LogP contribution in [0.3, 0.4) is 0 Å². The number of hydrogen-bond acceptors (Lipinski definition) is 2. The molecule has 0 aliphatic carbocycles. The van der Waals surface area contributed by atoms with Gasteiger partial charge in [0.15, 0.2) is 0 Å². The van der Waals surface area contributed by atoms with Crippen molar-refractivity contribution in [2.75, 3.05) is 20.1 Å². The lowest BCUT2D eigenvalue weighted by Crippen LogP contribution is -2.53. The highest BCUT2D eigenvalue weighted by Crippen LogP contribution is 2.26. The minimum absolute atomic E-state index is 0.332. The second-order valence-corrected chi connectivity index (χ2v) is 3.86. The Balaban J connectivity index is 2.08. The van der Waals surface area contributed by atoms with E-state index in [1.807, 2.05) is 11.9 Å². The Kier molecular flexibility index (Phi) is 2.05. The van der Waals surface area contributed by atoms with E-state index >= 15 is 0 Å². The molecule has 2 heterocycles. The van der Waals surface area contributed by atoms with Gasteiger partial charge in [-0.25, -0.2) is 0 Å². The van der Waals surface area contributed by atoms with E-state index in [0.717, 1.165) is 32.4 Å². The van der Waals surface area contributed by atoms with E-state index in [9.17, 15) is 4.79 Å².